The highest BCUT2D eigenvalue weighted by molar-refractivity contribution is 5.68. The Kier molecular flexibility index (Phi) is 5.98. The van der Waals surface area contributed by atoms with E-state index in [2.05, 4.69) is 28.6 Å². The average Bonchev–Trinajstić information content (AvgIpc) is 2.86. The van der Waals surface area contributed by atoms with Gasteiger partial charge in [-0.25, -0.2) is 9.79 Å². The minimum atomic E-state index is -0.502. The minimum absolute atomic E-state index is 0.293. The molecule has 1 amide bonds. The molecule has 7 nitrogen and oxygen atoms in total. The van der Waals surface area contributed by atoms with Gasteiger partial charge in [0.05, 0.1) is 0 Å². The van der Waals surface area contributed by atoms with Gasteiger partial charge in [0.15, 0.2) is 6.34 Å². The largest absolute Gasteiger partial charge is 0.444 e. The molecule has 1 saturated heterocycles. The summed E-state index contributed by atoms with van der Waals surface area (Å²) in [5.74, 6) is 1.12. The van der Waals surface area contributed by atoms with Crippen LogP contribution < -0.4 is 0 Å². The number of carbonyl (C=O) groups excluding carboxylic acids is 1. The quantitative estimate of drug-likeness (QED) is 0.444. The molecule has 1 aliphatic heterocycles. The van der Waals surface area contributed by atoms with Crippen LogP contribution in [0.25, 0.3) is 0 Å². The molecule has 0 aromatic rings. The Bertz CT molecular complexity index is 596. The van der Waals surface area contributed by atoms with Crippen LogP contribution in [0, 0.1) is 10.8 Å². The molecule has 138 valence electrons. The van der Waals surface area contributed by atoms with Crippen LogP contribution >= 0.6 is 0 Å². The van der Waals surface area contributed by atoms with Gasteiger partial charge in [-0.3, -0.25) is 0 Å². The third-order valence-electron chi connectivity index (χ3n) is 4.45. The van der Waals surface area contributed by atoms with E-state index in [4.69, 9.17) is 4.74 Å². The number of nitrogens with zero attached hydrogens (tertiary/aromatic N) is 4. The molecular formula is C18H28N4O3. The van der Waals surface area contributed by atoms with E-state index in [1.807, 2.05) is 20.8 Å². The fraction of sp³-hybridized carbons (Fsp3) is 0.667. The van der Waals surface area contributed by atoms with Crippen LogP contribution in [0.2, 0.25) is 0 Å². The summed E-state index contributed by atoms with van der Waals surface area (Å²) in [6.45, 7) is 14.2. The topological polar surface area (TPSA) is 74.6 Å². The number of aliphatic imine (C=N–C) groups is 1. The van der Waals surface area contributed by atoms with Crippen molar-refractivity contribution in [1.82, 2.24) is 9.80 Å². The Labute approximate surface area is 149 Å². The van der Waals surface area contributed by atoms with Gasteiger partial charge in [-0.1, -0.05) is 13.5 Å². The van der Waals surface area contributed by atoms with Gasteiger partial charge in [0.1, 0.15) is 11.4 Å². The third-order valence-corrected chi connectivity index (χ3v) is 4.45. The standard InChI is InChI=1S/C18H28N4O3/c1-13-6-7-14(2)15(13)16(19-12-20-24)21-8-10-22(11-9-21)17(23)25-18(3,4)5/h12,14H,1,6-11H2,2-5H3/b16-15-,19-12?/t14-/m1/s1. The molecule has 0 radical (unpaired) electrons. The Morgan fingerprint density at radius 3 is 2.32 bits per heavy atom. The molecule has 0 bridgehead atoms. The second-order valence-corrected chi connectivity index (χ2v) is 7.58. The molecule has 1 saturated carbocycles. The highest BCUT2D eigenvalue weighted by Crippen LogP contribution is 2.38. The predicted octanol–water partition coefficient (Wildman–Crippen LogP) is 3.53. The first-order valence-corrected chi connectivity index (χ1v) is 8.73. The number of nitroso groups, excluding NO2 is 1. The fourth-order valence-electron chi connectivity index (χ4n) is 3.22. The number of amides is 1. The van der Waals surface area contributed by atoms with Gasteiger partial charge in [-0.15, -0.1) is 4.91 Å². The predicted molar refractivity (Wildman–Crippen MR) is 98.2 cm³/mol. The zero-order valence-corrected chi connectivity index (χ0v) is 15.6. The van der Waals surface area contributed by atoms with Gasteiger partial charge in [0.2, 0.25) is 0 Å². The molecule has 1 aliphatic carbocycles. The summed E-state index contributed by atoms with van der Waals surface area (Å²) in [6.07, 6.45) is 2.74. The average molecular weight is 348 g/mol. The summed E-state index contributed by atoms with van der Waals surface area (Å²) in [7, 11) is 0. The van der Waals surface area contributed by atoms with Gasteiger partial charge in [-0.05, 0) is 50.3 Å². The number of rotatable bonds is 3. The molecule has 0 spiro atoms. The van der Waals surface area contributed by atoms with E-state index < -0.39 is 5.60 Å². The smallest absolute Gasteiger partial charge is 0.410 e. The molecule has 2 rings (SSSR count). The van der Waals surface area contributed by atoms with Crippen molar-refractivity contribution in [2.75, 3.05) is 26.2 Å². The first-order valence-electron chi connectivity index (χ1n) is 8.73. The van der Waals surface area contributed by atoms with E-state index in [1.165, 1.54) is 0 Å². The lowest BCUT2D eigenvalue weighted by Gasteiger charge is -2.37. The first-order chi connectivity index (χ1) is 11.7. The zero-order valence-electron chi connectivity index (χ0n) is 15.6. The van der Waals surface area contributed by atoms with Crippen molar-refractivity contribution in [3.8, 4) is 0 Å². The van der Waals surface area contributed by atoms with Gasteiger partial charge in [0, 0.05) is 31.8 Å². The van der Waals surface area contributed by atoms with Crippen molar-refractivity contribution < 1.29 is 9.53 Å². The molecule has 0 aromatic heterocycles. The molecule has 0 unspecified atom stereocenters. The van der Waals surface area contributed by atoms with Gasteiger partial charge in [-0.2, -0.15) is 0 Å². The van der Waals surface area contributed by atoms with Crippen molar-refractivity contribution in [3.05, 3.63) is 28.5 Å². The summed E-state index contributed by atoms with van der Waals surface area (Å²) in [5, 5.41) is 2.76. The molecule has 0 N–H and O–H groups in total. The van der Waals surface area contributed by atoms with Crippen LogP contribution in [-0.4, -0.2) is 54.0 Å². The van der Waals surface area contributed by atoms with Crippen LogP contribution in [0.1, 0.15) is 40.5 Å². The first kappa shape index (κ1) is 19.1. The minimum Gasteiger partial charge on any atom is -0.444 e. The van der Waals surface area contributed by atoms with Crippen LogP contribution in [0.4, 0.5) is 4.79 Å². The van der Waals surface area contributed by atoms with Crippen LogP contribution in [0.15, 0.2) is 33.7 Å². The van der Waals surface area contributed by atoms with Gasteiger partial charge >= 0.3 is 6.09 Å². The maximum Gasteiger partial charge on any atom is 0.410 e. The monoisotopic (exact) mass is 348 g/mol. The molecule has 2 aliphatic rings. The van der Waals surface area contributed by atoms with E-state index in [0.29, 0.717) is 32.1 Å². The molecular weight excluding hydrogens is 320 g/mol. The second kappa shape index (κ2) is 7.80. The SMILES string of the molecule is C=C1CC[C@@H](C)/C1=C(/N=CN=O)N1CCN(C(=O)OC(C)(C)C)CC1. The maximum absolute atomic E-state index is 12.2. The Balaban J connectivity index is 2.12. The Morgan fingerprint density at radius 1 is 1.24 bits per heavy atom. The van der Waals surface area contributed by atoms with Crippen molar-refractivity contribution in [3.63, 3.8) is 0 Å². The maximum atomic E-state index is 12.2. The lowest BCUT2D eigenvalue weighted by Crippen LogP contribution is -2.49. The lowest BCUT2D eigenvalue weighted by molar-refractivity contribution is 0.0167. The number of hydrogen-bond donors (Lipinski definition) is 0. The fourth-order valence-corrected chi connectivity index (χ4v) is 3.22. The number of piperazine rings is 1. The van der Waals surface area contributed by atoms with E-state index in [9.17, 15) is 9.70 Å². The highest BCUT2D eigenvalue weighted by Gasteiger charge is 2.30. The summed E-state index contributed by atoms with van der Waals surface area (Å²) in [5.41, 5.74) is 1.67. The zero-order chi connectivity index (χ0) is 18.6. The Hall–Kier alpha value is -2.18. The van der Waals surface area contributed by atoms with Crippen LogP contribution in [0.3, 0.4) is 0 Å². The van der Waals surface area contributed by atoms with E-state index >= 15 is 0 Å². The number of carbonyl (C=O) groups is 1. The molecule has 1 atom stereocenters. The normalized spacial score (nSPS) is 24.0. The molecule has 7 heteroatoms. The summed E-state index contributed by atoms with van der Waals surface area (Å²) in [4.78, 5) is 30.8. The van der Waals surface area contributed by atoms with Crippen LogP contribution in [-0.2, 0) is 4.74 Å². The lowest BCUT2D eigenvalue weighted by atomic mass is 10.0. The molecule has 25 heavy (non-hydrogen) atoms. The van der Waals surface area contributed by atoms with Gasteiger partial charge < -0.3 is 14.5 Å². The highest BCUT2D eigenvalue weighted by atomic mass is 16.6. The van der Waals surface area contributed by atoms with Crippen molar-refractivity contribution >= 4 is 12.4 Å². The molecule has 2 fully saturated rings. The second-order valence-electron chi connectivity index (χ2n) is 7.58. The number of ether oxygens (including phenoxy) is 1. The van der Waals surface area contributed by atoms with E-state index in [0.717, 1.165) is 36.1 Å². The summed E-state index contributed by atoms with van der Waals surface area (Å²) >= 11 is 0. The van der Waals surface area contributed by atoms with Crippen molar-refractivity contribution in [2.24, 2.45) is 16.1 Å². The Morgan fingerprint density at radius 2 is 1.84 bits per heavy atom. The van der Waals surface area contributed by atoms with Crippen molar-refractivity contribution in [2.45, 2.75) is 46.1 Å². The van der Waals surface area contributed by atoms with E-state index in [1.54, 1.807) is 4.90 Å². The van der Waals surface area contributed by atoms with E-state index in [-0.39, 0.29) is 6.09 Å². The molecule has 1 heterocycles. The summed E-state index contributed by atoms with van der Waals surface area (Å²) < 4.78 is 5.43. The summed E-state index contributed by atoms with van der Waals surface area (Å²) in [6, 6.07) is 0. The van der Waals surface area contributed by atoms with Crippen molar-refractivity contribution in [1.29, 1.82) is 0 Å². The number of hydrogen-bond acceptors (Lipinski definition) is 5. The van der Waals surface area contributed by atoms with Crippen LogP contribution in [0.5, 0.6) is 0 Å². The third kappa shape index (κ3) is 4.90. The number of allylic oxidation sites excluding steroid dienone is 2. The molecule has 0 aromatic carbocycles. The van der Waals surface area contributed by atoms with Gasteiger partial charge in [0.25, 0.3) is 0 Å².